The van der Waals surface area contributed by atoms with E-state index < -0.39 is 5.56 Å². The summed E-state index contributed by atoms with van der Waals surface area (Å²) in [6, 6.07) is 8.97. The summed E-state index contributed by atoms with van der Waals surface area (Å²) in [4.78, 5) is 42.4. The highest BCUT2D eigenvalue weighted by Gasteiger charge is 2.25. The van der Waals surface area contributed by atoms with Crippen LogP contribution in [0.1, 0.15) is 48.1 Å². The Morgan fingerprint density at radius 1 is 1.14 bits per heavy atom. The molecule has 28 heavy (non-hydrogen) atoms. The summed E-state index contributed by atoms with van der Waals surface area (Å²) in [6.07, 6.45) is 9.17. The molecule has 1 N–H and O–H groups in total. The van der Waals surface area contributed by atoms with Crippen molar-refractivity contribution in [3.63, 3.8) is 0 Å². The third-order valence-corrected chi connectivity index (χ3v) is 4.63. The first-order valence-electron chi connectivity index (χ1n) is 9.29. The maximum atomic E-state index is 13.0. The molecular formula is C21H23N5O2. The Kier molecular flexibility index (Phi) is 6.26. The highest BCUT2D eigenvalue weighted by Crippen LogP contribution is 2.25. The van der Waals surface area contributed by atoms with Crippen LogP contribution in [0.2, 0.25) is 0 Å². The van der Waals surface area contributed by atoms with E-state index in [1.54, 1.807) is 48.7 Å². The van der Waals surface area contributed by atoms with E-state index in [0.717, 1.165) is 24.8 Å². The van der Waals surface area contributed by atoms with E-state index in [0.29, 0.717) is 11.5 Å². The first-order valence-corrected chi connectivity index (χ1v) is 9.29. The Balaban J connectivity index is 1.88. The molecule has 7 nitrogen and oxygen atoms in total. The molecule has 3 rings (SSSR count). The first-order chi connectivity index (χ1) is 13.6. The monoisotopic (exact) mass is 377 g/mol. The highest BCUT2D eigenvalue weighted by atomic mass is 16.2. The lowest BCUT2D eigenvalue weighted by Gasteiger charge is -2.28. The van der Waals surface area contributed by atoms with Crippen molar-refractivity contribution >= 4 is 5.91 Å². The minimum Gasteiger partial charge on any atom is -0.334 e. The van der Waals surface area contributed by atoms with E-state index in [2.05, 4.69) is 26.9 Å². The normalized spacial score (nSPS) is 11.8. The van der Waals surface area contributed by atoms with Crippen molar-refractivity contribution in [2.75, 3.05) is 7.05 Å². The zero-order valence-corrected chi connectivity index (χ0v) is 16.0. The number of pyridine rings is 2. The van der Waals surface area contributed by atoms with Gasteiger partial charge in [0.1, 0.15) is 11.3 Å². The lowest BCUT2D eigenvalue weighted by Crippen LogP contribution is -2.35. The lowest BCUT2D eigenvalue weighted by atomic mass is 10.0. The zero-order chi connectivity index (χ0) is 19.9. The molecule has 0 unspecified atom stereocenters. The third-order valence-electron chi connectivity index (χ3n) is 4.63. The molecule has 0 aromatic carbocycles. The minimum absolute atomic E-state index is 0.00701. The second kappa shape index (κ2) is 9.03. The number of carbonyl (C=O) groups is 1. The van der Waals surface area contributed by atoms with Gasteiger partial charge in [0.25, 0.3) is 11.5 Å². The Morgan fingerprint density at radius 2 is 2.00 bits per heavy atom. The smallest absolute Gasteiger partial charge is 0.264 e. The van der Waals surface area contributed by atoms with Gasteiger partial charge in [0.05, 0.1) is 6.04 Å². The summed E-state index contributed by atoms with van der Waals surface area (Å²) in [5, 5.41) is 0. The summed E-state index contributed by atoms with van der Waals surface area (Å²) in [7, 11) is 1.71. The molecule has 0 radical (unpaired) electrons. The number of nitrogens with zero attached hydrogens (tertiary/aromatic N) is 4. The maximum absolute atomic E-state index is 13.0. The van der Waals surface area contributed by atoms with Crippen LogP contribution in [-0.4, -0.2) is 37.8 Å². The number of aromatic nitrogens is 4. The van der Waals surface area contributed by atoms with Gasteiger partial charge in [0, 0.05) is 31.8 Å². The van der Waals surface area contributed by atoms with Crippen LogP contribution in [0.25, 0.3) is 11.5 Å². The van der Waals surface area contributed by atoms with Crippen LogP contribution >= 0.6 is 0 Å². The Labute approximate surface area is 163 Å². The predicted molar refractivity (Wildman–Crippen MR) is 107 cm³/mol. The molecule has 1 atom stereocenters. The summed E-state index contributed by atoms with van der Waals surface area (Å²) in [6.45, 7) is 2.10. The number of hydrogen-bond acceptors (Lipinski definition) is 5. The van der Waals surface area contributed by atoms with Crippen molar-refractivity contribution in [1.82, 2.24) is 24.8 Å². The van der Waals surface area contributed by atoms with Gasteiger partial charge in [-0.2, -0.15) is 0 Å². The summed E-state index contributed by atoms with van der Waals surface area (Å²) >= 11 is 0. The molecule has 1 amide bonds. The van der Waals surface area contributed by atoms with Crippen molar-refractivity contribution in [2.45, 2.75) is 32.2 Å². The van der Waals surface area contributed by atoms with Crippen molar-refractivity contribution < 1.29 is 4.79 Å². The minimum atomic E-state index is -0.479. The Bertz CT molecular complexity index is 973. The lowest BCUT2D eigenvalue weighted by molar-refractivity contribution is 0.0718. The van der Waals surface area contributed by atoms with Gasteiger partial charge in [-0.05, 0) is 30.2 Å². The van der Waals surface area contributed by atoms with Gasteiger partial charge in [-0.1, -0.05) is 31.9 Å². The zero-order valence-electron chi connectivity index (χ0n) is 16.0. The molecule has 7 heteroatoms. The van der Waals surface area contributed by atoms with Crippen LogP contribution < -0.4 is 5.56 Å². The molecule has 0 aliphatic rings. The Hall–Kier alpha value is -3.35. The molecule has 144 valence electrons. The largest absolute Gasteiger partial charge is 0.334 e. The predicted octanol–water partition coefficient (Wildman–Crippen LogP) is 3.23. The number of aromatic amines is 1. The fraction of sp³-hybridized carbons (Fsp3) is 0.286. The Morgan fingerprint density at radius 3 is 2.64 bits per heavy atom. The highest BCUT2D eigenvalue weighted by molar-refractivity contribution is 5.93. The molecule has 0 aliphatic carbocycles. The summed E-state index contributed by atoms with van der Waals surface area (Å²) in [5.74, 6) is -0.0362. The van der Waals surface area contributed by atoms with Crippen LogP contribution in [0.5, 0.6) is 0 Å². The molecule has 3 aromatic heterocycles. The van der Waals surface area contributed by atoms with Crippen molar-refractivity contribution in [3.05, 3.63) is 76.6 Å². The van der Waals surface area contributed by atoms with Crippen molar-refractivity contribution in [3.8, 4) is 11.5 Å². The van der Waals surface area contributed by atoms with Gasteiger partial charge in [0.2, 0.25) is 0 Å². The fourth-order valence-electron chi connectivity index (χ4n) is 3.07. The molecule has 0 spiro atoms. The van der Waals surface area contributed by atoms with Gasteiger partial charge < -0.3 is 9.88 Å². The van der Waals surface area contributed by atoms with Crippen LogP contribution in [0.3, 0.4) is 0 Å². The van der Waals surface area contributed by atoms with Crippen LogP contribution in [-0.2, 0) is 0 Å². The number of hydrogen-bond donors (Lipinski definition) is 1. The fourth-order valence-corrected chi connectivity index (χ4v) is 3.07. The molecule has 0 saturated carbocycles. The van der Waals surface area contributed by atoms with E-state index in [1.807, 2.05) is 12.1 Å². The van der Waals surface area contributed by atoms with Crippen LogP contribution in [0.15, 0.2) is 59.9 Å². The SMILES string of the molecule is CCCC[C@@H](c1cccnc1)N(C)C(=O)c1cnc(-c2ccccn2)[nH]c1=O. The van der Waals surface area contributed by atoms with Crippen LogP contribution in [0.4, 0.5) is 0 Å². The van der Waals surface area contributed by atoms with Gasteiger partial charge in [-0.3, -0.25) is 19.6 Å². The molecule has 3 heterocycles. The molecule has 0 aliphatic heterocycles. The van der Waals surface area contributed by atoms with E-state index in [1.165, 1.54) is 6.20 Å². The number of amides is 1. The van der Waals surface area contributed by atoms with Gasteiger partial charge in [-0.15, -0.1) is 0 Å². The van der Waals surface area contributed by atoms with Gasteiger partial charge >= 0.3 is 0 Å². The first kappa shape index (κ1) is 19.4. The van der Waals surface area contributed by atoms with Crippen molar-refractivity contribution in [1.29, 1.82) is 0 Å². The number of rotatable bonds is 7. The molecular weight excluding hydrogens is 354 g/mol. The summed E-state index contributed by atoms with van der Waals surface area (Å²) in [5.41, 5.74) is 1.02. The van der Waals surface area contributed by atoms with Crippen LogP contribution in [0, 0.1) is 0 Å². The standard InChI is InChI=1S/C21H23N5O2/c1-3-4-10-18(15-8-7-11-22-13-15)26(2)21(28)16-14-24-19(25-20(16)27)17-9-5-6-12-23-17/h5-9,11-14,18H,3-4,10H2,1-2H3,(H,24,25,27)/t18-/m0/s1. The number of unbranched alkanes of at least 4 members (excludes halogenated alkanes) is 1. The topological polar surface area (TPSA) is 91.8 Å². The van der Waals surface area contributed by atoms with E-state index >= 15 is 0 Å². The van der Waals surface area contributed by atoms with E-state index in [4.69, 9.17) is 0 Å². The van der Waals surface area contributed by atoms with E-state index in [-0.39, 0.29) is 17.5 Å². The average molecular weight is 377 g/mol. The quantitative estimate of drug-likeness (QED) is 0.682. The molecule has 0 bridgehead atoms. The number of carbonyl (C=O) groups excluding carboxylic acids is 1. The van der Waals surface area contributed by atoms with E-state index in [9.17, 15) is 9.59 Å². The summed E-state index contributed by atoms with van der Waals surface area (Å²) < 4.78 is 0. The average Bonchev–Trinajstić information content (AvgIpc) is 2.74. The number of H-pyrrole nitrogens is 1. The molecule has 0 fully saturated rings. The molecule has 0 saturated heterocycles. The van der Waals surface area contributed by atoms with Crippen molar-refractivity contribution in [2.24, 2.45) is 0 Å². The maximum Gasteiger partial charge on any atom is 0.264 e. The second-order valence-electron chi connectivity index (χ2n) is 6.55. The molecule has 3 aromatic rings. The third kappa shape index (κ3) is 4.31. The van der Waals surface area contributed by atoms with Gasteiger partial charge in [0.15, 0.2) is 5.82 Å². The second-order valence-corrected chi connectivity index (χ2v) is 6.55. The van der Waals surface area contributed by atoms with Gasteiger partial charge in [-0.25, -0.2) is 4.98 Å². The number of nitrogens with one attached hydrogen (secondary N) is 1.